The van der Waals surface area contributed by atoms with Gasteiger partial charge in [-0.2, -0.15) is 0 Å². The van der Waals surface area contributed by atoms with E-state index in [9.17, 15) is 0 Å². The summed E-state index contributed by atoms with van der Waals surface area (Å²) in [5.74, 6) is 6.44. The highest BCUT2D eigenvalue weighted by molar-refractivity contribution is 7.99. The molecule has 0 aliphatic carbocycles. The van der Waals surface area contributed by atoms with Gasteiger partial charge in [-0.25, -0.2) is 15.8 Å². The summed E-state index contributed by atoms with van der Waals surface area (Å²) in [5, 5.41) is 3.12. The molecule has 0 saturated carbocycles. The smallest absolute Gasteiger partial charge is 0.195 e. The Labute approximate surface area is 126 Å². The highest BCUT2D eigenvalue weighted by atomic mass is 32.2. The van der Waals surface area contributed by atoms with Crippen LogP contribution in [-0.2, 0) is 0 Å². The maximum atomic E-state index is 5.43. The zero-order chi connectivity index (χ0) is 14.7. The van der Waals surface area contributed by atoms with Crippen molar-refractivity contribution in [1.82, 2.24) is 9.97 Å². The van der Waals surface area contributed by atoms with Gasteiger partial charge in [0.25, 0.3) is 0 Å². The number of hydrogen-bond acceptors (Lipinski definition) is 6. The molecule has 0 radical (unpaired) electrons. The fraction of sp³-hybridized carbons (Fsp3) is 0.0667. The van der Waals surface area contributed by atoms with E-state index in [1.165, 1.54) is 28.9 Å². The molecule has 0 aliphatic heterocycles. The van der Waals surface area contributed by atoms with Crippen LogP contribution in [-0.4, -0.2) is 17.1 Å². The predicted octanol–water partition coefficient (Wildman–Crippen LogP) is 3.08. The number of benzene rings is 2. The van der Waals surface area contributed by atoms with Crippen LogP contribution in [0.5, 0.6) is 5.75 Å². The molecule has 3 N–H and O–H groups in total. The van der Waals surface area contributed by atoms with Crippen molar-refractivity contribution in [2.24, 2.45) is 5.84 Å². The minimum absolute atomic E-state index is 0.468. The van der Waals surface area contributed by atoms with Crippen LogP contribution in [0.4, 0.5) is 5.82 Å². The molecule has 3 aromatic rings. The van der Waals surface area contributed by atoms with Crippen molar-refractivity contribution in [2.45, 2.75) is 9.92 Å². The van der Waals surface area contributed by atoms with Crippen LogP contribution in [0.25, 0.3) is 10.8 Å². The number of rotatable bonds is 4. The summed E-state index contributed by atoms with van der Waals surface area (Å²) in [6, 6.07) is 14.5. The Morgan fingerprint density at radius 3 is 2.67 bits per heavy atom. The molecule has 0 fully saturated rings. The van der Waals surface area contributed by atoms with Crippen molar-refractivity contribution in [2.75, 3.05) is 12.5 Å². The minimum atomic E-state index is 0.468. The molecule has 3 rings (SSSR count). The summed E-state index contributed by atoms with van der Waals surface area (Å²) in [7, 11) is 1.57. The minimum Gasteiger partial charge on any atom is -0.490 e. The second-order valence-electron chi connectivity index (χ2n) is 4.32. The van der Waals surface area contributed by atoms with Gasteiger partial charge < -0.3 is 10.2 Å². The van der Waals surface area contributed by atoms with Gasteiger partial charge in [-0.3, -0.25) is 0 Å². The lowest BCUT2D eigenvalue weighted by atomic mass is 10.1. The third-order valence-corrected chi connectivity index (χ3v) is 4.02. The molecule has 6 heteroatoms. The summed E-state index contributed by atoms with van der Waals surface area (Å²) in [4.78, 5) is 9.38. The molecule has 2 aromatic carbocycles. The number of aromatic nitrogens is 2. The third kappa shape index (κ3) is 2.76. The van der Waals surface area contributed by atoms with Crippen molar-refractivity contribution >= 4 is 28.4 Å². The molecule has 0 unspecified atom stereocenters. The monoisotopic (exact) mass is 298 g/mol. The Morgan fingerprint density at radius 1 is 1.10 bits per heavy atom. The molecule has 1 heterocycles. The van der Waals surface area contributed by atoms with Gasteiger partial charge in [-0.05, 0) is 22.9 Å². The largest absolute Gasteiger partial charge is 0.490 e. The summed E-state index contributed by atoms with van der Waals surface area (Å²) >= 11 is 1.51. The van der Waals surface area contributed by atoms with E-state index in [0.29, 0.717) is 11.6 Å². The van der Waals surface area contributed by atoms with E-state index in [1.54, 1.807) is 7.11 Å². The van der Waals surface area contributed by atoms with Gasteiger partial charge in [0.1, 0.15) is 11.4 Å². The van der Waals surface area contributed by atoms with Gasteiger partial charge in [-0.15, -0.1) is 0 Å². The van der Waals surface area contributed by atoms with E-state index >= 15 is 0 Å². The number of nitrogens with zero attached hydrogens (tertiary/aromatic N) is 2. The van der Waals surface area contributed by atoms with Crippen molar-refractivity contribution in [1.29, 1.82) is 0 Å². The summed E-state index contributed by atoms with van der Waals surface area (Å²) in [6.07, 6.45) is 1.46. The van der Waals surface area contributed by atoms with Crippen LogP contribution in [0.2, 0.25) is 0 Å². The van der Waals surface area contributed by atoms with Crippen molar-refractivity contribution in [3.05, 3.63) is 48.8 Å². The first-order valence-corrected chi connectivity index (χ1v) is 7.15. The van der Waals surface area contributed by atoms with Crippen LogP contribution < -0.4 is 16.0 Å². The summed E-state index contributed by atoms with van der Waals surface area (Å²) in [6.45, 7) is 0. The van der Waals surface area contributed by atoms with Gasteiger partial charge >= 0.3 is 0 Å². The van der Waals surface area contributed by atoms with Gasteiger partial charge in [0.15, 0.2) is 11.6 Å². The van der Waals surface area contributed by atoms with Gasteiger partial charge in [0, 0.05) is 4.90 Å². The topological polar surface area (TPSA) is 73.1 Å². The van der Waals surface area contributed by atoms with Crippen LogP contribution in [0.3, 0.4) is 0 Å². The lowest BCUT2D eigenvalue weighted by molar-refractivity contribution is 0.400. The van der Waals surface area contributed by atoms with E-state index in [0.717, 1.165) is 9.92 Å². The molecule has 106 valence electrons. The number of nitrogen functional groups attached to an aromatic ring is 1. The van der Waals surface area contributed by atoms with Crippen molar-refractivity contribution in [3.63, 3.8) is 0 Å². The maximum absolute atomic E-state index is 5.43. The molecule has 0 atom stereocenters. The summed E-state index contributed by atoms with van der Waals surface area (Å²) in [5.41, 5.74) is 2.51. The number of hydrogen-bond donors (Lipinski definition) is 2. The standard InChI is InChI=1S/C15H14N4OS/c1-20-13-14(19-16)17-9-18-15(13)21-12-7-6-10-4-2-3-5-11(10)8-12/h2-9H,16H2,1H3,(H,17,18,19). The average Bonchev–Trinajstić information content (AvgIpc) is 2.54. The number of hydrazine groups is 1. The second-order valence-corrected chi connectivity index (χ2v) is 5.38. The van der Waals surface area contributed by atoms with Gasteiger partial charge in [0.2, 0.25) is 0 Å². The van der Waals surface area contributed by atoms with E-state index < -0.39 is 0 Å². The lowest BCUT2D eigenvalue weighted by Crippen LogP contribution is -2.10. The normalized spacial score (nSPS) is 10.6. The molecule has 0 bridgehead atoms. The zero-order valence-electron chi connectivity index (χ0n) is 11.4. The Kier molecular flexibility index (Phi) is 3.89. The number of anilines is 1. The Hall–Kier alpha value is -2.31. The van der Waals surface area contributed by atoms with Crippen LogP contribution in [0, 0.1) is 0 Å². The van der Waals surface area contributed by atoms with Crippen LogP contribution >= 0.6 is 11.8 Å². The van der Waals surface area contributed by atoms with Gasteiger partial charge in [0.05, 0.1) is 7.11 Å². The molecule has 5 nitrogen and oxygen atoms in total. The lowest BCUT2D eigenvalue weighted by Gasteiger charge is -2.10. The fourth-order valence-corrected chi connectivity index (χ4v) is 2.98. The molecule has 0 aliphatic rings. The fourth-order valence-electron chi connectivity index (χ4n) is 2.06. The first kappa shape index (κ1) is 13.7. The number of fused-ring (bicyclic) bond motifs is 1. The number of nitrogens with one attached hydrogen (secondary N) is 1. The highest BCUT2D eigenvalue weighted by Crippen LogP contribution is 2.37. The molecule has 0 amide bonds. The summed E-state index contributed by atoms with van der Waals surface area (Å²) < 4.78 is 5.34. The third-order valence-electron chi connectivity index (χ3n) is 3.05. The molecule has 1 aromatic heterocycles. The molecular formula is C15H14N4OS. The van der Waals surface area contributed by atoms with E-state index in [-0.39, 0.29) is 0 Å². The number of nitrogens with two attached hydrogens (primary N) is 1. The van der Waals surface area contributed by atoms with Crippen LogP contribution in [0.15, 0.2) is 58.7 Å². The van der Waals surface area contributed by atoms with Crippen molar-refractivity contribution < 1.29 is 4.74 Å². The zero-order valence-corrected chi connectivity index (χ0v) is 12.2. The first-order chi connectivity index (χ1) is 10.3. The van der Waals surface area contributed by atoms with Crippen molar-refractivity contribution in [3.8, 4) is 5.75 Å². The van der Waals surface area contributed by atoms with E-state index in [2.05, 4.69) is 45.7 Å². The quantitative estimate of drug-likeness (QED) is 0.438. The number of ether oxygens (including phenoxy) is 1. The van der Waals surface area contributed by atoms with E-state index in [1.807, 2.05) is 12.1 Å². The number of methoxy groups -OCH3 is 1. The SMILES string of the molecule is COc1c(NN)ncnc1Sc1ccc2ccccc2c1. The van der Waals surface area contributed by atoms with Crippen LogP contribution in [0.1, 0.15) is 0 Å². The molecule has 21 heavy (non-hydrogen) atoms. The molecule has 0 saturated heterocycles. The maximum Gasteiger partial charge on any atom is 0.195 e. The van der Waals surface area contributed by atoms with E-state index in [4.69, 9.17) is 10.6 Å². The Balaban J connectivity index is 1.98. The average molecular weight is 298 g/mol. The van der Waals surface area contributed by atoms with Gasteiger partial charge in [-0.1, -0.05) is 42.1 Å². The predicted molar refractivity (Wildman–Crippen MR) is 84.5 cm³/mol. The Morgan fingerprint density at radius 2 is 1.90 bits per heavy atom. The highest BCUT2D eigenvalue weighted by Gasteiger charge is 2.12. The second kappa shape index (κ2) is 5.99. The first-order valence-electron chi connectivity index (χ1n) is 6.34. The molecule has 0 spiro atoms. The molecular weight excluding hydrogens is 284 g/mol. The Bertz CT molecular complexity index is 778.